The molecular weight excluding hydrogens is 1270 g/mol. The predicted octanol–water partition coefficient (Wildman–Crippen LogP) is 21.2. The zero-order valence-electron chi connectivity index (χ0n) is 46.9. The summed E-state index contributed by atoms with van der Waals surface area (Å²) in [7, 11) is 0. The van der Waals surface area contributed by atoms with Crippen molar-refractivity contribution in [3.05, 3.63) is 151 Å². The van der Waals surface area contributed by atoms with Crippen LogP contribution in [0, 0.1) is 0 Å². The van der Waals surface area contributed by atoms with Gasteiger partial charge in [-0.3, -0.25) is 4.98 Å². The molecular formula is C69H78Br4N4O4. The van der Waals surface area contributed by atoms with E-state index in [2.05, 4.69) is 213 Å². The molecule has 7 aromatic rings. The van der Waals surface area contributed by atoms with E-state index in [0.717, 1.165) is 179 Å². The molecule has 0 saturated heterocycles. The highest BCUT2D eigenvalue weighted by Crippen LogP contribution is 2.39. The lowest BCUT2D eigenvalue weighted by Crippen LogP contribution is -1.98. The third-order valence-electron chi connectivity index (χ3n) is 14.2. The maximum absolute atomic E-state index is 6.47. The van der Waals surface area contributed by atoms with Crippen LogP contribution < -0.4 is 18.9 Å². The second-order valence-electron chi connectivity index (χ2n) is 20.4. The number of aromatic nitrogens is 4. The summed E-state index contributed by atoms with van der Waals surface area (Å²) in [4.78, 5) is 19.0. The predicted molar refractivity (Wildman–Crippen MR) is 357 cm³/mol. The van der Waals surface area contributed by atoms with Crippen LogP contribution >= 0.6 is 63.7 Å². The fourth-order valence-corrected chi connectivity index (χ4v) is 11.7. The van der Waals surface area contributed by atoms with E-state index in [-0.39, 0.29) is 0 Å². The van der Waals surface area contributed by atoms with Crippen molar-refractivity contribution >= 4 is 104 Å². The zero-order chi connectivity index (χ0) is 56.3. The van der Waals surface area contributed by atoms with Crippen molar-refractivity contribution in [2.45, 2.75) is 110 Å². The van der Waals surface area contributed by atoms with Crippen molar-refractivity contribution in [3.63, 3.8) is 0 Å². The fourth-order valence-electron chi connectivity index (χ4n) is 10.1. The molecule has 0 saturated carbocycles. The first kappa shape index (κ1) is 61.7. The van der Waals surface area contributed by atoms with E-state index < -0.39 is 0 Å². The number of nitrogens with zero attached hydrogens (tertiary/aromatic N) is 2. The molecule has 0 aliphatic carbocycles. The Morgan fingerprint density at radius 2 is 0.741 bits per heavy atom. The van der Waals surface area contributed by atoms with E-state index in [0.29, 0.717) is 26.4 Å². The van der Waals surface area contributed by atoms with Crippen LogP contribution in [-0.2, 0) is 0 Å². The van der Waals surface area contributed by atoms with Crippen molar-refractivity contribution in [3.8, 4) is 67.5 Å². The van der Waals surface area contributed by atoms with Gasteiger partial charge in [0.2, 0.25) is 0 Å². The third kappa shape index (κ3) is 18.5. The lowest BCUT2D eigenvalue weighted by atomic mass is 10.0. The molecule has 0 radical (unpaired) electrons. The summed E-state index contributed by atoms with van der Waals surface area (Å²) < 4.78 is 25.8. The Balaban J connectivity index is 1.37. The number of benzene rings is 4. The first-order valence-electron chi connectivity index (χ1n) is 29.2. The number of aromatic amines is 2. The van der Waals surface area contributed by atoms with Gasteiger partial charge in [-0.2, -0.15) is 0 Å². The number of H-pyrrole nitrogens is 2. The van der Waals surface area contributed by atoms with Gasteiger partial charge in [0, 0.05) is 71.8 Å². The molecule has 0 atom stereocenters. The van der Waals surface area contributed by atoms with Gasteiger partial charge in [-0.15, -0.1) is 0 Å². The zero-order valence-corrected chi connectivity index (χ0v) is 53.3. The van der Waals surface area contributed by atoms with Gasteiger partial charge < -0.3 is 28.9 Å². The van der Waals surface area contributed by atoms with Crippen LogP contribution in [-0.4, -0.2) is 67.7 Å². The molecule has 0 fully saturated rings. The molecule has 4 heterocycles. The van der Waals surface area contributed by atoms with Crippen LogP contribution in [0.1, 0.15) is 127 Å². The second-order valence-corrected chi connectivity index (χ2v) is 23.6. The lowest BCUT2D eigenvalue weighted by Gasteiger charge is -2.11. The summed E-state index contributed by atoms with van der Waals surface area (Å²) in [5.74, 6) is 3.29. The van der Waals surface area contributed by atoms with E-state index in [1.807, 2.05) is 19.2 Å². The van der Waals surface area contributed by atoms with Gasteiger partial charge >= 0.3 is 0 Å². The Morgan fingerprint density at radius 1 is 0.395 bits per heavy atom. The average molecular weight is 1350 g/mol. The molecule has 4 aromatic carbocycles. The average Bonchev–Trinajstić information content (AvgIpc) is 4.50. The Labute approximate surface area is 514 Å². The molecule has 6 bridgehead atoms. The molecule has 1 aliphatic rings. The highest BCUT2D eigenvalue weighted by Gasteiger charge is 2.18. The highest BCUT2D eigenvalue weighted by atomic mass is 79.9. The monoisotopic (exact) mass is 1340 g/mol. The molecule has 0 unspecified atom stereocenters. The molecule has 0 spiro atoms. The summed E-state index contributed by atoms with van der Waals surface area (Å²) >= 11 is 14.3. The van der Waals surface area contributed by atoms with E-state index in [1.165, 1.54) is 51.4 Å². The SMILES string of the molecule is C/C=C\c1ncc(-c2cccc(OCCCCCCBr)c2)c2ccc([nH]2)c(-c2cccc(OCCCCCCBr)c2)c2nc(c(-c3cccc(OCCCCCCBr)c3)c3ccc([nH]3)c1-c1cccc(OCCCCCCBr)c1)C=C2. The number of alkyl halides is 4. The topological polar surface area (TPSA) is 94.3 Å². The van der Waals surface area contributed by atoms with E-state index in [4.69, 9.17) is 28.9 Å². The van der Waals surface area contributed by atoms with Gasteiger partial charge in [0.15, 0.2) is 0 Å². The summed E-state index contributed by atoms with van der Waals surface area (Å²) in [6, 6.07) is 42.4. The van der Waals surface area contributed by atoms with Gasteiger partial charge in [-0.25, -0.2) is 4.98 Å². The summed E-state index contributed by atoms with van der Waals surface area (Å²) in [5, 5.41) is 4.11. The van der Waals surface area contributed by atoms with Crippen LogP contribution in [0.15, 0.2) is 134 Å². The van der Waals surface area contributed by atoms with Gasteiger partial charge in [0.25, 0.3) is 0 Å². The number of nitrogens with one attached hydrogen (secondary N) is 2. The quantitative estimate of drug-likeness (QED) is 0.0314. The minimum Gasteiger partial charge on any atom is -0.494 e. The minimum absolute atomic E-state index is 0.650. The number of rotatable bonds is 33. The molecule has 8 nitrogen and oxygen atoms in total. The van der Waals surface area contributed by atoms with E-state index in [9.17, 15) is 0 Å². The number of hydrogen-bond acceptors (Lipinski definition) is 6. The maximum Gasteiger partial charge on any atom is 0.119 e. The molecule has 8 rings (SSSR count). The number of ether oxygens (including phenoxy) is 4. The number of allylic oxidation sites excluding steroid dienone is 1. The smallest absolute Gasteiger partial charge is 0.119 e. The van der Waals surface area contributed by atoms with E-state index in [1.54, 1.807) is 0 Å². The van der Waals surface area contributed by atoms with Gasteiger partial charge in [0.05, 0.1) is 43.5 Å². The van der Waals surface area contributed by atoms with Crippen molar-refractivity contribution in [1.29, 1.82) is 0 Å². The first-order valence-corrected chi connectivity index (χ1v) is 33.7. The lowest BCUT2D eigenvalue weighted by molar-refractivity contribution is 0.305. The number of halogens is 4. The second kappa shape index (κ2) is 34.3. The van der Waals surface area contributed by atoms with Gasteiger partial charge in [-0.1, -0.05) is 170 Å². The van der Waals surface area contributed by atoms with Gasteiger partial charge in [-0.05, 0) is 172 Å². The van der Waals surface area contributed by atoms with Crippen molar-refractivity contribution in [2.75, 3.05) is 47.7 Å². The summed E-state index contributed by atoms with van der Waals surface area (Å²) in [6.45, 7) is 4.66. The van der Waals surface area contributed by atoms with Crippen molar-refractivity contribution in [1.82, 2.24) is 19.9 Å². The Bertz CT molecular complexity index is 3290. The molecule has 2 N–H and O–H groups in total. The molecule has 1 aliphatic heterocycles. The third-order valence-corrected chi connectivity index (χ3v) is 16.5. The molecule has 426 valence electrons. The van der Waals surface area contributed by atoms with Crippen LogP contribution in [0.3, 0.4) is 0 Å². The molecule has 12 heteroatoms. The van der Waals surface area contributed by atoms with Crippen LogP contribution in [0.2, 0.25) is 0 Å². The number of fused-ring (bicyclic) bond motifs is 6. The number of unbranched alkanes of at least 4 members (excludes halogenated alkanes) is 12. The van der Waals surface area contributed by atoms with Crippen LogP contribution in [0.5, 0.6) is 23.0 Å². The molecule has 3 aromatic heterocycles. The first-order chi connectivity index (χ1) is 40.0. The van der Waals surface area contributed by atoms with Crippen LogP contribution in [0.4, 0.5) is 0 Å². The largest absolute Gasteiger partial charge is 0.494 e. The Morgan fingerprint density at radius 3 is 1.15 bits per heavy atom. The maximum atomic E-state index is 6.47. The van der Waals surface area contributed by atoms with Crippen molar-refractivity contribution in [2.24, 2.45) is 0 Å². The van der Waals surface area contributed by atoms with Crippen LogP contribution in [0.25, 0.3) is 84.8 Å². The number of hydrogen-bond donors (Lipinski definition) is 2. The Hall–Kier alpha value is -5.40. The minimum atomic E-state index is 0.650. The van der Waals surface area contributed by atoms with Gasteiger partial charge in [0.1, 0.15) is 23.0 Å². The normalized spacial score (nSPS) is 11.6. The highest BCUT2D eigenvalue weighted by molar-refractivity contribution is 9.09. The standard InChI is InChI=1S/C69H78Br4N4O4/c1-2-23-61-67(52-25-20-29-56(47-52)79-43-16-8-4-12-39-71)62-34-35-65(76-62)69(54-27-22-31-58(49-54)81-45-18-10-6-14-41-73)66-37-36-64(77-66)68(53-26-21-30-57(48-53)80-44-17-9-5-13-40-72)63-33-32-60(75-63)59(50-74-61)51-24-19-28-55(46-51)78-42-15-7-3-11-38-70/h2,19-37,46-50,75-76H,3-18,38-45H2,1H3/b23-2-,59-50?,60-59?,67-61?,67-62?,68-63?,68-64?,69-65?,69-66?,74-50?,74-61?. The molecule has 0 amide bonds. The summed E-state index contributed by atoms with van der Waals surface area (Å²) in [5.41, 5.74) is 13.7. The fraction of sp³-hybridized carbons (Fsp3) is 0.362. The molecule has 81 heavy (non-hydrogen) atoms. The Kier molecular flexibility index (Phi) is 26.1. The summed E-state index contributed by atoms with van der Waals surface area (Å²) in [6.07, 6.45) is 28.3. The van der Waals surface area contributed by atoms with Crippen molar-refractivity contribution < 1.29 is 18.9 Å². The van der Waals surface area contributed by atoms with E-state index >= 15 is 0 Å².